The van der Waals surface area contributed by atoms with E-state index in [1.54, 1.807) is 4.90 Å². The Bertz CT molecular complexity index is 570. The molecule has 2 aliphatic rings. The predicted molar refractivity (Wildman–Crippen MR) is 67.6 cm³/mol. The minimum Gasteiger partial charge on any atom is -0.325 e. The molecule has 6 nitrogen and oxygen atoms in total. The predicted octanol–water partition coefficient (Wildman–Crippen LogP) is 0.174. The second-order valence-electron chi connectivity index (χ2n) is 4.64. The molecule has 0 radical (unpaired) electrons. The summed E-state index contributed by atoms with van der Waals surface area (Å²) in [5.74, 6) is -0.585. The summed E-state index contributed by atoms with van der Waals surface area (Å²) in [5.41, 5.74) is 2.04. The number of fused-ring (bicyclic) bond motifs is 1. The summed E-state index contributed by atoms with van der Waals surface area (Å²) >= 11 is 0. The SMILES string of the molecule is O=C1NC(=O)C(CC(=O)N2CCc3ccccc32)N1. The first kappa shape index (κ1) is 11.7. The molecule has 0 aliphatic carbocycles. The normalized spacial score (nSPS) is 21.1. The summed E-state index contributed by atoms with van der Waals surface area (Å²) in [7, 11) is 0. The molecular weight excluding hydrogens is 246 g/mol. The highest BCUT2D eigenvalue weighted by Gasteiger charge is 2.34. The van der Waals surface area contributed by atoms with Crippen LogP contribution in [0.1, 0.15) is 12.0 Å². The first-order chi connectivity index (χ1) is 9.15. The lowest BCUT2D eigenvalue weighted by molar-refractivity contribution is -0.125. The van der Waals surface area contributed by atoms with Crippen LogP contribution in [0.3, 0.4) is 0 Å². The van der Waals surface area contributed by atoms with E-state index in [1.165, 1.54) is 0 Å². The van der Waals surface area contributed by atoms with Crippen molar-refractivity contribution in [3.63, 3.8) is 0 Å². The molecule has 3 rings (SSSR count). The summed E-state index contributed by atoms with van der Waals surface area (Å²) in [6, 6.07) is 6.42. The zero-order valence-corrected chi connectivity index (χ0v) is 10.2. The molecule has 0 saturated carbocycles. The number of anilines is 1. The Balaban J connectivity index is 1.72. The fourth-order valence-electron chi connectivity index (χ4n) is 2.48. The number of rotatable bonds is 2. The van der Waals surface area contributed by atoms with Crippen LogP contribution < -0.4 is 15.5 Å². The number of nitrogens with zero attached hydrogens (tertiary/aromatic N) is 1. The fraction of sp³-hybridized carbons (Fsp3) is 0.308. The number of amides is 4. The first-order valence-corrected chi connectivity index (χ1v) is 6.15. The largest absolute Gasteiger partial charge is 0.325 e. The minimum absolute atomic E-state index is 0.00803. The van der Waals surface area contributed by atoms with Gasteiger partial charge in [0.2, 0.25) is 5.91 Å². The van der Waals surface area contributed by atoms with Crippen molar-refractivity contribution < 1.29 is 14.4 Å². The number of hydrogen-bond acceptors (Lipinski definition) is 3. The average molecular weight is 259 g/mol. The summed E-state index contributed by atoms with van der Waals surface area (Å²) < 4.78 is 0. The highest BCUT2D eigenvalue weighted by molar-refractivity contribution is 6.07. The lowest BCUT2D eigenvalue weighted by atomic mass is 10.1. The van der Waals surface area contributed by atoms with Gasteiger partial charge in [-0.2, -0.15) is 0 Å². The lowest BCUT2D eigenvalue weighted by Gasteiger charge is -2.18. The van der Waals surface area contributed by atoms with Crippen LogP contribution in [0.5, 0.6) is 0 Å². The molecule has 1 fully saturated rings. The van der Waals surface area contributed by atoms with Crippen LogP contribution in [0, 0.1) is 0 Å². The van der Waals surface area contributed by atoms with Gasteiger partial charge in [-0.3, -0.25) is 14.9 Å². The molecule has 2 N–H and O–H groups in total. The molecule has 1 saturated heterocycles. The number of carbonyl (C=O) groups is 3. The standard InChI is InChI=1S/C13H13N3O3/c17-11(7-9-12(18)15-13(19)14-9)16-6-5-8-3-1-2-4-10(8)16/h1-4,9H,5-7H2,(H2,14,15,18,19). The Morgan fingerprint density at radius 1 is 1.32 bits per heavy atom. The molecule has 1 atom stereocenters. The molecule has 6 heteroatoms. The quantitative estimate of drug-likeness (QED) is 0.743. The van der Waals surface area contributed by atoms with E-state index in [2.05, 4.69) is 10.6 Å². The summed E-state index contributed by atoms with van der Waals surface area (Å²) in [4.78, 5) is 36.3. The van der Waals surface area contributed by atoms with Crippen LogP contribution >= 0.6 is 0 Å². The van der Waals surface area contributed by atoms with Crippen molar-refractivity contribution in [2.45, 2.75) is 18.9 Å². The molecule has 4 amide bonds. The Kier molecular flexibility index (Phi) is 2.70. The van der Waals surface area contributed by atoms with Gasteiger partial charge in [-0.1, -0.05) is 18.2 Å². The number of imide groups is 1. The van der Waals surface area contributed by atoms with Gasteiger partial charge in [0, 0.05) is 12.2 Å². The molecule has 19 heavy (non-hydrogen) atoms. The zero-order valence-electron chi connectivity index (χ0n) is 10.2. The fourth-order valence-corrected chi connectivity index (χ4v) is 2.48. The number of urea groups is 1. The summed E-state index contributed by atoms with van der Waals surface area (Å²) in [6.07, 6.45) is 0.817. The Morgan fingerprint density at radius 3 is 2.84 bits per heavy atom. The first-order valence-electron chi connectivity index (χ1n) is 6.15. The Labute approximate surface area is 109 Å². The van der Waals surface area contributed by atoms with E-state index in [9.17, 15) is 14.4 Å². The maximum absolute atomic E-state index is 12.2. The van der Waals surface area contributed by atoms with Crippen LogP contribution in [0.2, 0.25) is 0 Å². The third-order valence-corrected chi connectivity index (χ3v) is 3.43. The second-order valence-corrected chi connectivity index (χ2v) is 4.64. The Hall–Kier alpha value is -2.37. The number of carbonyl (C=O) groups excluding carboxylic acids is 3. The molecular formula is C13H13N3O3. The van der Waals surface area contributed by atoms with E-state index in [-0.39, 0.29) is 12.3 Å². The third kappa shape index (κ3) is 2.05. The number of para-hydroxylation sites is 1. The smallest absolute Gasteiger partial charge is 0.322 e. The molecule has 2 heterocycles. The van der Waals surface area contributed by atoms with Crippen LogP contribution in [0.25, 0.3) is 0 Å². The third-order valence-electron chi connectivity index (χ3n) is 3.43. The van der Waals surface area contributed by atoms with Gasteiger partial charge in [0.25, 0.3) is 5.91 Å². The van der Waals surface area contributed by atoms with Gasteiger partial charge in [0.1, 0.15) is 6.04 Å². The van der Waals surface area contributed by atoms with Crippen molar-refractivity contribution >= 4 is 23.5 Å². The van der Waals surface area contributed by atoms with E-state index in [0.717, 1.165) is 17.7 Å². The van der Waals surface area contributed by atoms with Crippen molar-refractivity contribution in [1.82, 2.24) is 10.6 Å². The van der Waals surface area contributed by atoms with Crippen LogP contribution in [0.15, 0.2) is 24.3 Å². The Morgan fingerprint density at radius 2 is 2.11 bits per heavy atom. The minimum atomic E-state index is -0.757. The van der Waals surface area contributed by atoms with Gasteiger partial charge in [0.05, 0.1) is 6.42 Å². The van der Waals surface area contributed by atoms with Gasteiger partial charge in [0.15, 0.2) is 0 Å². The van der Waals surface area contributed by atoms with Crippen LogP contribution in [0.4, 0.5) is 10.5 Å². The van der Waals surface area contributed by atoms with E-state index >= 15 is 0 Å². The number of hydrogen-bond donors (Lipinski definition) is 2. The van der Waals surface area contributed by atoms with Crippen molar-refractivity contribution in [3.05, 3.63) is 29.8 Å². The number of nitrogens with one attached hydrogen (secondary N) is 2. The summed E-state index contributed by atoms with van der Waals surface area (Å²) in [6.45, 7) is 0.625. The summed E-state index contributed by atoms with van der Waals surface area (Å²) in [5, 5.41) is 4.56. The topological polar surface area (TPSA) is 78.5 Å². The average Bonchev–Trinajstić information content (AvgIpc) is 2.93. The number of benzene rings is 1. The zero-order chi connectivity index (χ0) is 13.4. The molecule has 1 aromatic rings. The highest BCUT2D eigenvalue weighted by Crippen LogP contribution is 2.28. The molecule has 1 aromatic carbocycles. The van der Waals surface area contributed by atoms with Crippen LogP contribution in [-0.4, -0.2) is 30.4 Å². The van der Waals surface area contributed by atoms with Gasteiger partial charge in [-0.15, -0.1) is 0 Å². The maximum atomic E-state index is 12.2. The molecule has 2 aliphatic heterocycles. The van der Waals surface area contributed by atoms with Crippen LogP contribution in [-0.2, 0) is 16.0 Å². The lowest BCUT2D eigenvalue weighted by Crippen LogP contribution is -2.38. The van der Waals surface area contributed by atoms with Crippen molar-refractivity contribution in [2.24, 2.45) is 0 Å². The second kappa shape index (κ2) is 4.38. The van der Waals surface area contributed by atoms with Gasteiger partial charge in [-0.05, 0) is 18.1 Å². The van der Waals surface area contributed by atoms with Gasteiger partial charge in [-0.25, -0.2) is 4.79 Å². The molecule has 1 unspecified atom stereocenters. The van der Waals surface area contributed by atoms with Gasteiger partial charge < -0.3 is 10.2 Å². The highest BCUT2D eigenvalue weighted by atomic mass is 16.2. The molecule has 0 aromatic heterocycles. The van der Waals surface area contributed by atoms with E-state index in [1.807, 2.05) is 24.3 Å². The van der Waals surface area contributed by atoms with E-state index < -0.39 is 18.0 Å². The molecule has 98 valence electrons. The molecule has 0 bridgehead atoms. The maximum Gasteiger partial charge on any atom is 0.322 e. The van der Waals surface area contributed by atoms with Gasteiger partial charge >= 0.3 is 6.03 Å². The van der Waals surface area contributed by atoms with E-state index in [4.69, 9.17) is 0 Å². The van der Waals surface area contributed by atoms with Crippen molar-refractivity contribution in [2.75, 3.05) is 11.4 Å². The molecule has 0 spiro atoms. The van der Waals surface area contributed by atoms with Crippen molar-refractivity contribution in [3.8, 4) is 0 Å². The monoisotopic (exact) mass is 259 g/mol. The van der Waals surface area contributed by atoms with E-state index in [0.29, 0.717) is 6.54 Å². The van der Waals surface area contributed by atoms with Crippen molar-refractivity contribution in [1.29, 1.82) is 0 Å².